The number of benzene rings is 3. The van der Waals surface area contributed by atoms with Crippen molar-refractivity contribution in [1.82, 2.24) is 9.78 Å². The number of Topliss-reactive ketones (excluding diaryl/α,β-unsaturated/α-hetero) is 1. The van der Waals surface area contributed by atoms with Crippen LogP contribution in [0.3, 0.4) is 0 Å². The molecule has 196 valence electrons. The van der Waals surface area contributed by atoms with Gasteiger partial charge in [-0.15, -0.1) is 0 Å². The largest absolute Gasteiger partial charge is 0.457 e. The van der Waals surface area contributed by atoms with Crippen molar-refractivity contribution in [3.8, 4) is 11.5 Å². The number of hydrogen-bond acceptors (Lipinski definition) is 4. The van der Waals surface area contributed by atoms with Gasteiger partial charge in [-0.05, 0) is 66.1 Å². The number of rotatable bonds is 7. The molecule has 0 bridgehead atoms. The highest BCUT2D eigenvalue weighted by atomic mass is 35.5. The highest BCUT2D eigenvalue weighted by molar-refractivity contribution is 6.30. The molecular weight excluding hydrogens is 522 g/mol. The van der Waals surface area contributed by atoms with Crippen molar-refractivity contribution in [3.05, 3.63) is 107 Å². The van der Waals surface area contributed by atoms with E-state index in [-0.39, 0.29) is 35.8 Å². The van der Waals surface area contributed by atoms with Gasteiger partial charge in [0.1, 0.15) is 23.1 Å². The number of carbonyl (C=O) groups is 1. The SMILES string of the molecule is O=C(CCc1ccc(Oc2ccc(F)cc2)cc1)c1cnn2c1NC(c1ccc(Cl)cc1)CC2C(F)(F)F. The van der Waals surface area contributed by atoms with Crippen LogP contribution in [0.1, 0.15) is 46.4 Å². The van der Waals surface area contributed by atoms with Gasteiger partial charge in [0.25, 0.3) is 0 Å². The van der Waals surface area contributed by atoms with Crippen LogP contribution in [-0.4, -0.2) is 21.7 Å². The van der Waals surface area contributed by atoms with E-state index in [0.717, 1.165) is 10.2 Å². The Bertz CT molecular complexity index is 1420. The van der Waals surface area contributed by atoms with E-state index in [4.69, 9.17) is 16.3 Å². The summed E-state index contributed by atoms with van der Waals surface area (Å²) in [4.78, 5) is 13.1. The molecule has 0 saturated carbocycles. The Balaban J connectivity index is 1.29. The normalized spacial score (nSPS) is 17.0. The van der Waals surface area contributed by atoms with Gasteiger partial charge in [-0.1, -0.05) is 35.9 Å². The maximum atomic E-state index is 13.9. The lowest BCUT2D eigenvalue weighted by Crippen LogP contribution is -2.36. The molecule has 4 aromatic rings. The number of ketones is 1. The fourth-order valence-electron chi connectivity index (χ4n) is 4.44. The van der Waals surface area contributed by atoms with Crippen LogP contribution in [0.4, 0.5) is 23.4 Å². The summed E-state index contributed by atoms with van der Waals surface area (Å²) < 4.78 is 61.4. The van der Waals surface area contributed by atoms with E-state index >= 15 is 0 Å². The van der Waals surface area contributed by atoms with Crippen LogP contribution < -0.4 is 10.1 Å². The zero-order chi connectivity index (χ0) is 26.9. The predicted octanol–water partition coefficient (Wildman–Crippen LogP) is 7.94. The number of nitrogens with one attached hydrogen (secondary N) is 1. The van der Waals surface area contributed by atoms with Crippen LogP contribution in [0.2, 0.25) is 5.02 Å². The van der Waals surface area contributed by atoms with E-state index in [2.05, 4.69) is 10.4 Å². The molecule has 3 aromatic carbocycles. The van der Waals surface area contributed by atoms with Gasteiger partial charge in [-0.2, -0.15) is 18.3 Å². The van der Waals surface area contributed by atoms with Gasteiger partial charge in [0.05, 0.1) is 17.8 Å². The second kappa shape index (κ2) is 10.5. The number of aryl methyl sites for hydroxylation is 1. The lowest BCUT2D eigenvalue weighted by atomic mass is 9.96. The third-order valence-corrected chi connectivity index (χ3v) is 6.68. The van der Waals surface area contributed by atoms with Crippen molar-refractivity contribution in [2.75, 3.05) is 5.32 Å². The molecule has 10 heteroatoms. The minimum atomic E-state index is -4.54. The topological polar surface area (TPSA) is 56.1 Å². The van der Waals surface area contributed by atoms with E-state index < -0.39 is 18.3 Å². The molecule has 0 amide bonds. The molecule has 2 unspecified atom stereocenters. The average Bonchev–Trinajstić information content (AvgIpc) is 3.33. The third-order valence-electron chi connectivity index (χ3n) is 6.42. The highest BCUT2D eigenvalue weighted by Crippen LogP contribution is 2.44. The summed E-state index contributed by atoms with van der Waals surface area (Å²) >= 11 is 5.94. The van der Waals surface area contributed by atoms with Gasteiger partial charge >= 0.3 is 6.18 Å². The molecule has 1 aliphatic rings. The standard InChI is InChI=1S/C28H22ClF4N3O2/c29-19-6-4-18(5-7-19)24-15-26(28(31,32)33)36-27(35-24)23(16-34-36)25(37)14-3-17-1-10-21(11-2-17)38-22-12-8-20(30)9-13-22/h1-2,4-13,16,24,26,35H,3,14-15H2. The number of aromatic nitrogens is 2. The second-order valence-electron chi connectivity index (χ2n) is 9.02. The van der Waals surface area contributed by atoms with Crippen molar-refractivity contribution >= 4 is 23.2 Å². The molecule has 2 atom stereocenters. The van der Waals surface area contributed by atoms with E-state index in [1.807, 2.05) is 0 Å². The van der Waals surface area contributed by atoms with Crippen molar-refractivity contribution < 1.29 is 27.1 Å². The number of carbonyl (C=O) groups excluding carboxylic acids is 1. The minimum absolute atomic E-state index is 0.0616. The van der Waals surface area contributed by atoms with Gasteiger partial charge in [0, 0.05) is 17.9 Å². The quantitative estimate of drug-likeness (QED) is 0.190. The first-order valence-electron chi connectivity index (χ1n) is 11.9. The van der Waals surface area contributed by atoms with Gasteiger partial charge in [-0.25, -0.2) is 9.07 Å². The monoisotopic (exact) mass is 543 g/mol. The second-order valence-corrected chi connectivity index (χ2v) is 9.45. The van der Waals surface area contributed by atoms with E-state index in [0.29, 0.717) is 28.5 Å². The van der Waals surface area contributed by atoms with Crippen LogP contribution in [0.5, 0.6) is 11.5 Å². The highest BCUT2D eigenvalue weighted by Gasteiger charge is 2.47. The molecule has 0 saturated heterocycles. The summed E-state index contributed by atoms with van der Waals surface area (Å²) in [5.41, 5.74) is 1.61. The van der Waals surface area contributed by atoms with Crippen LogP contribution in [0.15, 0.2) is 79.0 Å². The summed E-state index contributed by atoms with van der Waals surface area (Å²) in [5.74, 6) is 0.422. The Morgan fingerprint density at radius 1 is 1.00 bits per heavy atom. The molecule has 5 nitrogen and oxygen atoms in total. The lowest BCUT2D eigenvalue weighted by molar-refractivity contribution is -0.173. The number of nitrogens with zero attached hydrogens (tertiary/aromatic N) is 2. The molecular formula is C28H22ClF4N3O2. The Hall–Kier alpha value is -3.85. The predicted molar refractivity (Wildman–Crippen MR) is 135 cm³/mol. The fourth-order valence-corrected chi connectivity index (χ4v) is 4.56. The minimum Gasteiger partial charge on any atom is -0.457 e. The number of anilines is 1. The number of alkyl halides is 3. The Morgan fingerprint density at radius 3 is 2.26 bits per heavy atom. The number of fused-ring (bicyclic) bond motifs is 1. The summed E-state index contributed by atoms with van der Waals surface area (Å²) in [7, 11) is 0. The van der Waals surface area contributed by atoms with Crippen molar-refractivity contribution in [2.45, 2.75) is 37.5 Å². The molecule has 5 rings (SSSR count). The van der Waals surface area contributed by atoms with Crippen LogP contribution in [0.25, 0.3) is 0 Å². The summed E-state index contributed by atoms with van der Waals surface area (Å²) in [6.45, 7) is 0. The smallest absolute Gasteiger partial charge is 0.410 e. The van der Waals surface area contributed by atoms with Gasteiger partial charge in [0.15, 0.2) is 11.8 Å². The van der Waals surface area contributed by atoms with Crippen molar-refractivity contribution in [3.63, 3.8) is 0 Å². The van der Waals surface area contributed by atoms with Crippen LogP contribution >= 0.6 is 11.6 Å². The molecule has 1 aromatic heterocycles. The van der Waals surface area contributed by atoms with E-state index in [1.54, 1.807) is 48.5 Å². The van der Waals surface area contributed by atoms with Gasteiger partial charge in [-0.3, -0.25) is 4.79 Å². The first kappa shape index (κ1) is 25.8. The van der Waals surface area contributed by atoms with E-state index in [9.17, 15) is 22.4 Å². The molecule has 2 heterocycles. The number of hydrogen-bond donors (Lipinski definition) is 1. The van der Waals surface area contributed by atoms with E-state index in [1.165, 1.54) is 30.5 Å². The molecule has 0 spiro atoms. The maximum Gasteiger partial charge on any atom is 0.410 e. The molecule has 1 N–H and O–H groups in total. The van der Waals surface area contributed by atoms with Crippen molar-refractivity contribution in [2.24, 2.45) is 0 Å². The summed E-state index contributed by atoms with van der Waals surface area (Å²) in [6.07, 6.45) is -3.14. The number of ether oxygens (including phenoxy) is 1. The first-order chi connectivity index (χ1) is 18.2. The van der Waals surface area contributed by atoms with Gasteiger partial charge in [0.2, 0.25) is 0 Å². The molecule has 0 fully saturated rings. The Labute approximate surface area is 221 Å². The van der Waals surface area contributed by atoms with Crippen LogP contribution in [0, 0.1) is 5.82 Å². The van der Waals surface area contributed by atoms with Crippen LogP contribution in [-0.2, 0) is 6.42 Å². The van der Waals surface area contributed by atoms with Crippen molar-refractivity contribution in [1.29, 1.82) is 0 Å². The molecule has 0 aliphatic carbocycles. The molecule has 38 heavy (non-hydrogen) atoms. The van der Waals surface area contributed by atoms with Gasteiger partial charge < -0.3 is 10.1 Å². The molecule has 1 aliphatic heterocycles. The Morgan fingerprint density at radius 2 is 1.63 bits per heavy atom. The first-order valence-corrected chi connectivity index (χ1v) is 12.3. The zero-order valence-corrected chi connectivity index (χ0v) is 20.6. The maximum absolute atomic E-state index is 13.9. The molecule has 0 radical (unpaired) electrons. The zero-order valence-electron chi connectivity index (χ0n) is 19.9. The number of halogens is 5. The third kappa shape index (κ3) is 5.67. The Kier molecular flexibility index (Phi) is 7.12. The summed E-state index contributed by atoms with van der Waals surface area (Å²) in [6, 6.07) is 16.8. The lowest BCUT2D eigenvalue weighted by Gasteiger charge is -2.34. The summed E-state index contributed by atoms with van der Waals surface area (Å²) in [5, 5.41) is 7.50. The fraction of sp³-hybridized carbons (Fsp3) is 0.214. The average molecular weight is 544 g/mol.